The minimum atomic E-state index is -4.86. The number of anilines is 1. The van der Waals surface area contributed by atoms with E-state index in [4.69, 9.17) is 4.55 Å². The predicted molar refractivity (Wildman–Crippen MR) is 48.3 cm³/mol. The van der Waals surface area contributed by atoms with E-state index in [0.29, 0.717) is 0 Å². The summed E-state index contributed by atoms with van der Waals surface area (Å²) in [7, 11) is -4.52. The topological polar surface area (TPSA) is 75.6 Å². The van der Waals surface area contributed by atoms with Gasteiger partial charge in [-0.25, -0.2) is 0 Å². The van der Waals surface area contributed by atoms with E-state index in [9.17, 15) is 21.6 Å². The number of benzene rings is 1. The SMILES string of the molecule is O=S(=O)(O)Nc1cccc(OC(F)(F)F)c1. The molecule has 0 amide bonds. The molecule has 0 atom stereocenters. The van der Waals surface area contributed by atoms with Gasteiger partial charge in [0.2, 0.25) is 0 Å². The van der Waals surface area contributed by atoms with Crippen molar-refractivity contribution in [1.29, 1.82) is 0 Å². The van der Waals surface area contributed by atoms with E-state index in [1.165, 1.54) is 0 Å². The van der Waals surface area contributed by atoms with Gasteiger partial charge in [0, 0.05) is 6.07 Å². The average molecular weight is 257 g/mol. The predicted octanol–water partition coefficient (Wildman–Crippen LogP) is 1.80. The van der Waals surface area contributed by atoms with Gasteiger partial charge in [-0.3, -0.25) is 9.27 Å². The molecule has 90 valence electrons. The fourth-order valence-corrected chi connectivity index (χ4v) is 1.33. The van der Waals surface area contributed by atoms with Crippen LogP contribution >= 0.6 is 0 Å². The van der Waals surface area contributed by atoms with Crippen molar-refractivity contribution >= 4 is 16.0 Å². The van der Waals surface area contributed by atoms with Crippen LogP contribution < -0.4 is 9.46 Å². The van der Waals surface area contributed by atoms with Gasteiger partial charge in [-0.2, -0.15) is 8.42 Å². The van der Waals surface area contributed by atoms with Gasteiger partial charge in [0.25, 0.3) is 0 Å². The number of halogens is 3. The minimum Gasteiger partial charge on any atom is -0.406 e. The highest BCUT2D eigenvalue weighted by molar-refractivity contribution is 7.87. The average Bonchev–Trinajstić information content (AvgIpc) is 1.96. The van der Waals surface area contributed by atoms with Gasteiger partial charge in [-0.1, -0.05) is 6.07 Å². The maximum Gasteiger partial charge on any atom is 0.573 e. The molecule has 0 unspecified atom stereocenters. The molecule has 1 aromatic rings. The molecule has 0 bridgehead atoms. The van der Waals surface area contributed by atoms with E-state index >= 15 is 0 Å². The van der Waals surface area contributed by atoms with Crippen LogP contribution in [0.5, 0.6) is 5.75 Å². The molecule has 0 aliphatic carbocycles. The summed E-state index contributed by atoms with van der Waals surface area (Å²) < 4.78 is 69.7. The number of ether oxygens (including phenoxy) is 1. The van der Waals surface area contributed by atoms with E-state index < -0.39 is 22.4 Å². The van der Waals surface area contributed by atoms with Crippen molar-refractivity contribution in [3.05, 3.63) is 24.3 Å². The lowest BCUT2D eigenvalue weighted by Gasteiger charge is -2.09. The Kier molecular flexibility index (Phi) is 3.29. The monoisotopic (exact) mass is 257 g/mol. The molecule has 0 aliphatic heterocycles. The van der Waals surface area contributed by atoms with Gasteiger partial charge < -0.3 is 4.74 Å². The van der Waals surface area contributed by atoms with Crippen LogP contribution in [-0.2, 0) is 10.3 Å². The Balaban J connectivity index is 2.88. The van der Waals surface area contributed by atoms with Crippen molar-refractivity contribution in [2.75, 3.05) is 4.72 Å². The van der Waals surface area contributed by atoms with Crippen molar-refractivity contribution in [3.63, 3.8) is 0 Å². The van der Waals surface area contributed by atoms with Gasteiger partial charge in [-0.05, 0) is 12.1 Å². The lowest BCUT2D eigenvalue weighted by atomic mass is 10.3. The van der Waals surface area contributed by atoms with Crippen LogP contribution in [0.1, 0.15) is 0 Å². The first-order valence-electron chi connectivity index (χ1n) is 3.77. The van der Waals surface area contributed by atoms with Crippen LogP contribution in [0.25, 0.3) is 0 Å². The van der Waals surface area contributed by atoms with E-state index in [0.717, 1.165) is 24.3 Å². The fourth-order valence-electron chi connectivity index (χ4n) is 0.906. The molecule has 0 saturated carbocycles. The Morgan fingerprint density at radius 1 is 1.31 bits per heavy atom. The van der Waals surface area contributed by atoms with Crippen LogP contribution in [0.15, 0.2) is 24.3 Å². The second-order valence-electron chi connectivity index (χ2n) is 2.65. The van der Waals surface area contributed by atoms with Crippen molar-refractivity contribution in [1.82, 2.24) is 0 Å². The lowest BCUT2D eigenvalue weighted by molar-refractivity contribution is -0.274. The van der Waals surface area contributed by atoms with Crippen LogP contribution in [0.3, 0.4) is 0 Å². The Morgan fingerprint density at radius 3 is 2.44 bits per heavy atom. The van der Waals surface area contributed by atoms with Gasteiger partial charge in [0.05, 0.1) is 5.69 Å². The molecule has 0 saturated heterocycles. The molecule has 0 radical (unpaired) electrons. The first-order chi connectivity index (χ1) is 7.16. The molecule has 5 nitrogen and oxygen atoms in total. The molecular formula is C7H6F3NO4S. The van der Waals surface area contributed by atoms with E-state index in [1.54, 1.807) is 4.72 Å². The molecule has 2 N–H and O–H groups in total. The molecule has 0 aromatic heterocycles. The number of hydrogen-bond donors (Lipinski definition) is 2. The minimum absolute atomic E-state index is 0.246. The molecule has 0 aliphatic rings. The normalized spacial score (nSPS) is 12.2. The zero-order valence-corrected chi connectivity index (χ0v) is 8.34. The smallest absolute Gasteiger partial charge is 0.406 e. The first-order valence-corrected chi connectivity index (χ1v) is 5.21. The zero-order chi connectivity index (χ0) is 12.4. The quantitative estimate of drug-likeness (QED) is 0.809. The van der Waals surface area contributed by atoms with Crippen molar-refractivity contribution in [2.24, 2.45) is 0 Å². The largest absolute Gasteiger partial charge is 0.573 e. The van der Waals surface area contributed by atoms with Crippen LogP contribution in [0.2, 0.25) is 0 Å². The van der Waals surface area contributed by atoms with Crippen molar-refractivity contribution < 1.29 is 30.9 Å². The van der Waals surface area contributed by atoms with Crippen LogP contribution in [0, 0.1) is 0 Å². The number of nitrogens with one attached hydrogen (secondary N) is 1. The Morgan fingerprint density at radius 2 is 1.94 bits per heavy atom. The van der Waals surface area contributed by atoms with Crippen LogP contribution in [-0.4, -0.2) is 19.3 Å². The van der Waals surface area contributed by atoms with Gasteiger partial charge in [0.15, 0.2) is 0 Å². The van der Waals surface area contributed by atoms with Crippen molar-refractivity contribution in [2.45, 2.75) is 6.36 Å². The lowest BCUT2D eigenvalue weighted by Crippen LogP contribution is -2.17. The highest BCUT2D eigenvalue weighted by Gasteiger charge is 2.31. The van der Waals surface area contributed by atoms with Gasteiger partial charge in [-0.15, -0.1) is 13.2 Å². The summed E-state index contributed by atoms with van der Waals surface area (Å²) in [4.78, 5) is 0. The standard InChI is InChI=1S/C7H6F3NO4S/c8-7(9,10)15-6-3-1-2-5(4-6)11-16(12,13)14/h1-4,11H,(H,12,13,14). The number of hydrogen-bond acceptors (Lipinski definition) is 3. The summed E-state index contributed by atoms with van der Waals surface area (Å²) in [5.41, 5.74) is -0.246. The molecule has 0 spiro atoms. The van der Waals surface area contributed by atoms with E-state index in [1.807, 2.05) is 0 Å². The summed E-state index contributed by atoms with van der Waals surface area (Å²) in [6.45, 7) is 0. The molecule has 0 fully saturated rings. The summed E-state index contributed by atoms with van der Waals surface area (Å²) in [6.07, 6.45) is -4.86. The maximum atomic E-state index is 11.8. The highest BCUT2D eigenvalue weighted by atomic mass is 32.2. The van der Waals surface area contributed by atoms with Crippen molar-refractivity contribution in [3.8, 4) is 5.75 Å². The highest BCUT2D eigenvalue weighted by Crippen LogP contribution is 2.25. The van der Waals surface area contributed by atoms with E-state index in [-0.39, 0.29) is 5.69 Å². The third-order valence-electron chi connectivity index (χ3n) is 1.31. The molecule has 9 heteroatoms. The summed E-state index contributed by atoms with van der Waals surface area (Å²) in [5, 5.41) is 0. The first kappa shape index (κ1) is 12.6. The zero-order valence-electron chi connectivity index (χ0n) is 7.52. The fraction of sp³-hybridized carbons (Fsp3) is 0.143. The van der Waals surface area contributed by atoms with Gasteiger partial charge in [0.1, 0.15) is 5.75 Å². The Hall–Kier alpha value is -1.48. The second kappa shape index (κ2) is 4.18. The third kappa shape index (κ3) is 4.84. The molecule has 1 aromatic carbocycles. The molecular weight excluding hydrogens is 251 g/mol. The van der Waals surface area contributed by atoms with Crippen LogP contribution in [0.4, 0.5) is 18.9 Å². The maximum absolute atomic E-state index is 11.8. The third-order valence-corrected chi connectivity index (χ3v) is 1.81. The molecule has 16 heavy (non-hydrogen) atoms. The molecule has 0 heterocycles. The number of alkyl halides is 3. The summed E-state index contributed by atoms with van der Waals surface area (Å²) in [6, 6.07) is 4.05. The Labute approximate surface area is 88.7 Å². The summed E-state index contributed by atoms with van der Waals surface area (Å²) in [5.74, 6) is -0.596. The summed E-state index contributed by atoms with van der Waals surface area (Å²) >= 11 is 0. The molecule has 1 rings (SSSR count). The van der Waals surface area contributed by atoms with E-state index in [2.05, 4.69) is 4.74 Å². The Bertz CT molecular complexity index is 471. The van der Waals surface area contributed by atoms with Gasteiger partial charge >= 0.3 is 16.7 Å². The second-order valence-corrected chi connectivity index (χ2v) is 3.81. The number of rotatable bonds is 3.